The molecule has 0 spiro atoms. The third-order valence-corrected chi connectivity index (χ3v) is 4.52. The maximum absolute atomic E-state index is 12.1. The summed E-state index contributed by atoms with van der Waals surface area (Å²) >= 11 is 1.74. The summed E-state index contributed by atoms with van der Waals surface area (Å²) in [6.07, 6.45) is 1.09. The summed E-state index contributed by atoms with van der Waals surface area (Å²) < 4.78 is 0. The molecule has 2 aromatic rings. The minimum Gasteiger partial charge on any atom is -0.385 e. The van der Waals surface area contributed by atoms with Crippen LogP contribution in [-0.2, 0) is 6.54 Å². The lowest BCUT2D eigenvalue weighted by molar-refractivity contribution is 0.0951. The molecule has 0 aliphatic rings. The number of hydrogen-bond acceptors (Lipinski definition) is 3. The van der Waals surface area contributed by atoms with Gasteiger partial charge >= 0.3 is 0 Å². The Morgan fingerprint density at radius 2 is 1.90 bits per heavy atom. The second-order valence-electron chi connectivity index (χ2n) is 5.14. The van der Waals surface area contributed by atoms with Crippen LogP contribution in [0.1, 0.15) is 39.0 Å². The number of nitrogens with one attached hydrogen (secondary N) is 2. The average Bonchev–Trinajstić information content (AvgIpc) is 2.82. The van der Waals surface area contributed by atoms with Crippen LogP contribution < -0.4 is 10.6 Å². The Labute approximate surface area is 130 Å². The van der Waals surface area contributed by atoms with E-state index in [9.17, 15) is 4.79 Å². The van der Waals surface area contributed by atoms with Gasteiger partial charge in [-0.25, -0.2) is 0 Å². The highest BCUT2D eigenvalue weighted by Gasteiger charge is 2.07. The van der Waals surface area contributed by atoms with E-state index in [0.29, 0.717) is 12.1 Å². The van der Waals surface area contributed by atoms with Crippen molar-refractivity contribution in [1.82, 2.24) is 5.32 Å². The van der Waals surface area contributed by atoms with E-state index in [1.165, 1.54) is 15.3 Å². The zero-order valence-electron chi connectivity index (χ0n) is 12.8. The van der Waals surface area contributed by atoms with Crippen molar-refractivity contribution in [3.05, 3.63) is 51.2 Å². The van der Waals surface area contributed by atoms with Gasteiger partial charge in [-0.2, -0.15) is 0 Å². The van der Waals surface area contributed by atoms with Crippen LogP contribution in [0.15, 0.2) is 30.3 Å². The molecule has 1 heterocycles. The number of amides is 1. The van der Waals surface area contributed by atoms with Crippen molar-refractivity contribution in [3.8, 4) is 0 Å². The molecular weight excluding hydrogens is 280 g/mol. The average molecular weight is 302 g/mol. The topological polar surface area (TPSA) is 41.1 Å². The molecule has 0 aliphatic heterocycles. The number of hydrogen-bond donors (Lipinski definition) is 2. The van der Waals surface area contributed by atoms with Gasteiger partial charge in [-0.3, -0.25) is 4.79 Å². The Bertz CT molecular complexity index is 582. The van der Waals surface area contributed by atoms with Crippen LogP contribution in [-0.4, -0.2) is 12.5 Å². The maximum atomic E-state index is 12.1. The highest BCUT2D eigenvalue weighted by atomic mass is 32.1. The minimum absolute atomic E-state index is 0.0271. The molecule has 21 heavy (non-hydrogen) atoms. The van der Waals surface area contributed by atoms with E-state index >= 15 is 0 Å². The summed E-state index contributed by atoms with van der Waals surface area (Å²) in [7, 11) is 0. The summed E-state index contributed by atoms with van der Waals surface area (Å²) in [6, 6.07) is 9.75. The maximum Gasteiger partial charge on any atom is 0.251 e. The standard InChI is InChI=1S/C17H22N2OS/c1-4-9-18-15-7-5-14(6-8-15)17(20)19-11-16-10-12(2)13(3)21-16/h5-8,10,18H,4,9,11H2,1-3H3,(H,19,20). The van der Waals surface area contributed by atoms with E-state index in [1.54, 1.807) is 11.3 Å². The van der Waals surface area contributed by atoms with Crippen LogP contribution in [0.5, 0.6) is 0 Å². The normalized spacial score (nSPS) is 10.4. The molecule has 0 radical (unpaired) electrons. The molecule has 0 atom stereocenters. The van der Waals surface area contributed by atoms with Gasteiger partial charge in [0.25, 0.3) is 5.91 Å². The summed E-state index contributed by atoms with van der Waals surface area (Å²) in [5, 5.41) is 6.27. The van der Waals surface area contributed by atoms with E-state index in [1.807, 2.05) is 24.3 Å². The molecule has 0 saturated heterocycles. The number of carbonyl (C=O) groups excluding carboxylic acids is 1. The molecule has 0 saturated carbocycles. The van der Waals surface area contributed by atoms with Crippen LogP contribution in [0, 0.1) is 13.8 Å². The summed E-state index contributed by atoms with van der Waals surface area (Å²) in [6.45, 7) is 7.87. The van der Waals surface area contributed by atoms with Gasteiger partial charge in [0.05, 0.1) is 6.54 Å². The lowest BCUT2D eigenvalue weighted by Gasteiger charge is -2.07. The summed E-state index contributed by atoms with van der Waals surface area (Å²) in [5.74, 6) is -0.0271. The molecule has 2 N–H and O–H groups in total. The molecule has 3 nitrogen and oxygen atoms in total. The largest absolute Gasteiger partial charge is 0.385 e. The van der Waals surface area contributed by atoms with E-state index in [4.69, 9.17) is 0 Å². The van der Waals surface area contributed by atoms with Crippen molar-refractivity contribution >= 4 is 22.9 Å². The minimum atomic E-state index is -0.0271. The van der Waals surface area contributed by atoms with E-state index < -0.39 is 0 Å². The van der Waals surface area contributed by atoms with Crippen molar-refractivity contribution in [3.63, 3.8) is 0 Å². The highest BCUT2D eigenvalue weighted by molar-refractivity contribution is 7.12. The fourth-order valence-electron chi connectivity index (χ4n) is 2.02. The lowest BCUT2D eigenvalue weighted by Crippen LogP contribution is -2.22. The fraction of sp³-hybridized carbons (Fsp3) is 0.353. The summed E-state index contributed by atoms with van der Waals surface area (Å²) in [4.78, 5) is 14.6. The molecule has 1 amide bonds. The first-order valence-electron chi connectivity index (χ1n) is 7.28. The predicted octanol–water partition coefficient (Wildman–Crippen LogP) is 4.12. The van der Waals surface area contributed by atoms with Crippen LogP contribution in [0.4, 0.5) is 5.69 Å². The first-order chi connectivity index (χ1) is 10.1. The Kier molecular flexibility index (Phi) is 5.39. The Morgan fingerprint density at radius 3 is 2.48 bits per heavy atom. The predicted molar refractivity (Wildman–Crippen MR) is 90.2 cm³/mol. The molecule has 4 heteroatoms. The van der Waals surface area contributed by atoms with Crippen molar-refractivity contribution in [2.24, 2.45) is 0 Å². The molecular formula is C17H22N2OS. The molecule has 1 aromatic carbocycles. The van der Waals surface area contributed by atoms with Gasteiger partial charge in [0, 0.05) is 27.5 Å². The van der Waals surface area contributed by atoms with Gasteiger partial charge in [0.2, 0.25) is 0 Å². The Hall–Kier alpha value is -1.81. The Balaban J connectivity index is 1.90. The van der Waals surface area contributed by atoms with Crippen LogP contribution in [0.25, 0.3) is 0 Å². The van der Waals surface area contributed by atoms with Crippen LogP contribution >= 0.6 is 11.3 Å². The van der Waals surface area contributed by atoms with Crippen molar-refractivity contribution in [2.45, 2.75) is 33.7 Å². The molecule has 0 fully saturated rings. The monoisotopic (exact) mass is 302 g/mol. The van der Waals surface area contributed by atoms with Gasteiger partial charge in [-0.05, 0) is 56.2 Å². The molecule has 0 bridgehead atoms. The van der Waals surface area contributed by atoms with Crippen molar-refractivity contribution in [2.75, 3.05) is 11.9 Å². The van der Waals surface area contributed by atoms with Crippen molar-refractivity contribution in [1.29, 1.82) is 0 Å². The first kappa shape index (κ1) is 15.6. The van der Waals surface area contributed by atoms with Gasteiger partial charge < -0.3 is 10.6 Å². The van der Waals surface area contributed by atoms with E-state index in [2.05, 4.69) is 37.5 Å². The lowest BCUT2D eigenvalue weighted by atomic mass is 10.2. The first-order valence-corrected chi connectivity index (χ1v) is 8.10. The molecule has 2 rings (SSSR count). The van der Waals surface area contributed by atoms with Gasteiger partial charge in [-0.1, -0.05) is 6.92 Å². The molecule has 112 valence electrons. The molecule has 0 aliphatic carbocycles. The molecule has 0 unspecified atom stereocenters. The zero-order chi connectivity index (χ0) is 15.2. The zero-order valence-corrected chi connectivity index (χ0v) is 13.6. The second-order valence-corrected chi connectivity index (χ2v) is 6.48. The van der Waals surface area contributed by atoms with Crippen LogP contribution in [0.2, 0.25) is 0 Å². The second kappa shape index (κ2) is 7.27. The van der Waals surface area contributed by atoms with Gasteiger partial charge in [0.15, 0.2) is 0 Å². The van der Waals surface area contributed by atoms with E-state index in [0.717, 1.165) is 18.7 Å². The van der Waals surface area contributed by atoms with Crippen molar-refractivity contribution < 1.29 is 4.79 Å². The number of rotatable bonds is 6. The third-order valence-electron chi connectivity index (χ3n) is 3.37. The SMILES string of the molecule is CCCNc1ccc(C(=O)NCc2cc(C)c(C)s2)cc1. The summed E-state index contributed by atoms with van der Waals surface area (Å²) in [5.41, 5.74) is 3.04. The highest BCUT2D eigenvalue weighted by Crippen LogP contribution is 2.20. The Morgan fingerprint density at radius 1 is 1.19 bits per heavy atom. The molecule has 1 aromatic heterocycles. The fourth-order valence-corrected chi connectivity index (χ4v) is 3.01. The number of anilines is 1. The quantitative estimate of drug-likeness (QED) is 0.843. The van der Waals surface area contributed by atoms with Crippen LogP contribution in [0.3, 0.4) is 0 Å². The van der Waals surface area contributed by atoms with E-state index in [-0.39, 0.29) is 5.91 Å². The number of aryl methyl sites for hydroxylation is 2. The van der Waals surface area contributed by atoms with Gasteiger partial charge in [0.1, 0.15) is 0 Å². The number of thiophene rings is 1. The number of carbonyl (C=O) groups is 1. The number of benzene rings is 1. The van der Waals surface area contributed by atoms with Gasteiger partial charge in [-0.15, -0.1) is 11.3 Å². The smallest absolute Gasteiger partial charge is 0.251 e. The third kappa shape index (κ3) is 4.33.